The number of nitrogens with zero attached hydrogens (tertiary/aromatic N) is 2. The molecule has 1 aliphatic rings. The first-order valence-corrected chi connectivity index (χ1v) is 6.35. The molecule has 0 amide bonds. The van der Waals surface area contributed by atoms with Crippen LogP contribution < -0.4 is 10.6 Å². The first-order valence-electron chi connectivity index (χ1n) is 6.35. The number of nitrogens with two attached hydrogens (primary N) is 1. The van der Waals surface area contributed by atoms with E-state index in [9.17, 15) is 9.90 Å². The molecule has 20 heavy (non-hydrogen) atoms. The van der Waals surface area contributed by atoms with Crippen LogP contribution in [0.3, 0.4) is 0 Å². The average molecular weight is 281 g/mol. The lowest BCUT2D eigenvalue weighted by Gasteiger charge is -2.42. The van der Waals surface area contributed by atoms with E-state index in [0.717, 1.165) is 0 Å². The van der Waals surface area contributed by atoms with Crippen molar-refractivity contribution < 1.29 is 19.7 Å². The van der Waals surface area contributed by atoms with Crippen LogP contribution >= 0.6 is 0 Å². The molecule has 0 aliphatic carbocycles. The summed E-state index contributed by atoms with van der Waals surface area (Å²) in [6, 6.07) is 1.45. The number of hydrogen-bond donors (Lipinski definition) is 3. The van der Waals surface area contributed by atoms with E-state index in [0.29, 0.717) is 18.9 Å². The van der Waals surface area contributed by atoms with E-state index in [1.807, 2.05) is 18.7 Å². The fraction of sp³-hybridized carbons (Fsp3) is 0.538. The van der Waals surface area contributed by atoms with E-state index in [4.69, 9.17) is 15.6 Å². The van der Waals surface area contributed by atoms with Gasteiger partial charge in [0.05, 0.1) is 35.8 Å². The maximum Gasteiger partial charge on any atom is 0.337 e. The number of nitrogen functional groups attached to an aromatic ring is 1. The zero-order valence-corrected chi connectivity index (χ0v) is 11.5. The molecule has 0 aromatic carbocycles. The van der Waals surface area contributed by atoms with Crippen molar-refractivity contribution >= 4 is 17.5 Å². The lowest BCUT2D eigenvalue weighted by atomic mass is 10.0. The third-order valence-electron chi connectivity index (χ3n) is 3.16. The molecule has 0 radical (unpaired) electrons. The molecular weight excluding hydrogens is 262 g/mol. The van der Waals surface area contributed by atoms with Crippen LogP contribution in [-0.2, 0) is 4.74 Å². The number of ether oxygens (including phenoxy) is 1. The SMILES string of the molecule is CC1(C)CN(c2cc(C(=O)O)c(N)cn2)CC(CO)O1. The van der Waals surface area contributed by atoms with Gasteiger partial charge in [-0.15, -0.1) is 0 Å². The lowest BCUT2D eigenvalue weighted by Crippen LogP contribution is -2.54. The zero-order valence-electron chi connectivity index (χ0n) is 11.5. The summed E-state index contributed by atoms with van der Waals surface area (Å²) in [5.74, 6) is -0.566. The Bertz CT molecular complexity index is 518. The number of aliphatic hydroxyl groups is 1. The number of pyridine rings is 1. The highest BCUT2D eigenvalue weighted by Crippen LogP contribution is 2.26. The van der Waals surface area contributed by atoms with Gasteiger partial charge < -0.3 is 25.6 Å². The Hall–Kier alpha value is -1.86. The van der Waals surface area contributed by atoms with Gasteiger partial charge in [-0.3, -0.25) is 0 Å². The van der Waals surface area contributed by atoms with Crippen LogP contribution in [0.1, 0.15) is 24.2 Å². The third-order valence-corrected chi connectivity index (χ3v) is 3.16. The van der Waals surface area contributed by atoms with E-state index in [2.05, 4.69) is 4.98 Å². The molecule has 1 atom stereocenters. The highest BCUT2D eigenvalue weighted by molar-refractivity contribution is 5.94. The molecule has 1 aromatic heterocycles. The van der Waals surface area contributed by atoms with Gasteiger partial charge in [0, 0.05) is 13.1 Å². The minimum Gasteiger partial charge on any atom is -0.478 e. The molecule has 110 valence electrons. The summed E-state index contributed by atoms with van der Waals surface area (Å²) in [7, 11) is 0. The normalized spacial score (nSPS) is 21.8. The molecule has 4 N–H and O–H groups in total. The zero-order chi connectivity index (χ0) is 14.9. The van der Waals surface area contributed by atoms with Crippen molar-refractivity contribution in [3.8, 4) is 0 Å². The molecule has 0 spiro atoms. The number of aromatic nitrogens is 1. The largest absolute Gasteiger partial charge is 0.478 e. The predicted octanol–water partition coefficient (Wildman–Crippen LogP) is 0.338. The van der Waals surface area contributed by atoms with Gasteiger partial charge in [-0.25, -0.2) is 9.78 Å². The number of hydrogen-bond acceptors (Lipinski definition) is 6. The van der Waals surface area contributed by atoms with Crippen LogP contribution in [0.25, 0.3) is 0 Å². The van der Waals surface area contributed by atoms with E-state index in [1.165, 1.54) is 12.3 Å². The molecule has 1 fully saturated rings. The molecule has 2 heterocycles. The molecule has 1 aliphatic heterocycles. The minimum absolute atomic E-state index is 0.0276. The van der Waals surface area contributed by atoms with Gasteiger partial charge in [0.1, 0.15) is 5.82 Å². The van der Waals surface area contributed by atoms with E-state index in [1.54, 1.807) is 0 Å². The smallest absolute Gasteiger partial charge is 0.337 e. The number of rotatable bonds is 3. The van der Waals surface area contributed by atoms with Crippen molar-refractivity contribution in [2.24, 2.45) is 0 Å². The summed E-state index contributed by atoms with van der Waals surface area (Å²) in [4.78, 5) is 17.2. The molecule has 7 heteroatoms. The molecule has 2 rings (SSSR count). The monoisotopic (exact) mass is 281 g/mol. The Morgan fingerprint density at radius 3 is 2.95 bits per heavy atom. The van der Waals surface area contributed by atoms with Crippen LogP contribution in [-0.4, -0.2) is 52.6 Å². The fourth-order valence-electron chi connectivity index (χ4n) is 2.38. The van der Waals surface area contributed by atoms with Gasteiger partial charge >= 0.3 is 5.97 Å². The van der Waals surface area contributed by atoms with Gasteiger partial charge in [0.15, 0.2) is 0 Å². The predicted molar refractivity (Wildman–Crippen MR) is 73.9 cm³/mol. The number of anilines is 2. The van der Waals surface area contributed by atoms with Gasteiger partial charge in [0.25, 0.3) is 0 Å². The van der Waals surface area contributed by atoms with Crippen molar-refractivity contribution in [1.82, 2.24) is 4.98 Å². The maximum atomic E-state index is 11.1. The first-order chi connectivity index (χ1) is 9.32. The van der Waals surface area contributed by atoms with Gasteiger partial charge in [-0.2, -0.15) is 0 Å². The standard InChI is InChI=1S/C13H19N3O4/c1-13(2)7-16(5-8(6-17)20-13)11-3-9(12(18)19)10(14)4-15-11/h3-4,8,17H,5-7,14H2,1-2H3,(H,18,19). The topological polar surface area (TPSA) is 109 Å². The summed E-state index contributed by atoms with van der Waals surface area (Å²) in [6.45, 7) is 4.74. The quantitative estimate of drug-likeness (QED) is 0.732. The molecule has 7 nitrogen and oxygen atoms in total. The molecular formula is C13H19N3O4. The van der Waals surface area contributed by atoms with Crippen LogP contribution in [0.2, 0.25) is 0 Å². The summed E-state index contributed by atoms with van der Waals surface area (Å²) in [6.07, 6.45) is 1.02. The van der Waals surface area contributed by atoms with E-state index < -0.39 is 11.6 Å². The lowest BCUT2D eigenvalue weighted by molar-refractivity contribution is -0.101. The summed E-state index contributed by atoms with van der Waals surface area (Å²) in [5.41, 5.74) is 5.31. The fourth-order valence-corrected chi connectivity index (χ4v) is 2.38. The second-order valence-electron chi connectivity index (χ2n) is 5.50. The highest BCUT2D eigenvalue weighted by Gasteiger charge is 2.34. The number of carboxylic acid groups (broad SMARTS) is 1. The van der Waals surface area contributed by atoms with Gasteiger partial charge in [-0.05, 0) is 19.9 Å². The molecule has 1 aromatic rings. The number of carboxylic acids is 1. The number of carbonyl (C=O) groups is 1. The third kappa shape index (κ3) is 3.00. The molecule has 1 saturated heterocycles. The van der Waals surface area contributed by atoms with Crippen molar-refractivity contribution in [3.05, 3.63) is 17.8 Å². The van der Waals surface area contributed by atoms with Crippen LogP contribution in [0.5, 0.6) is 0 Å². The molecule has 1 unspecified atom stereocenters. The van der Waals surface area contributed by atoms with Crippen molar-refractivity contribution in [3.63, 3.8) is 0 Å². The van der Waals surface area contributed by atoms with Crippen LogP contribution in [0.4, 0.5) is 11.5 Å². The summed E-state index contributed by atoms with van der Waals surface area (Å²) < 4.78 is 5.72. The van der Waals surface area contributed by atoms with Crippen molar-refractivity contribution in [1.29, 1.82) is 0 Å². The summed E-state index contributed by atoms with van der Waals surface area (Å²) >= 11 is 0. The van der Waals surface area contributed by atoms with Crippen molar-refractivity contribution in [2.45, 2.75) is 25.6 Å². The first kappa shape index (κ1) is 14.5. The Morgan fingerprint density at radius 1 is 1.65 bits per heavy atom. The average Bonchev–Trinajstić information content (AvgIpc) is 2.36. The van der Waals surface area contributed by atoms with Crippen LogP contribution in [0.15, 0.2) is 12.3 Å². The number of aliphatic hydroxyl groups excluding tert-OH is 1. The molecule has 0 saturated carbocycles. The van der Waals surface area contributed by atoms with E-state index >= 15 is 0 Å². The van der Waals surface area contributed by atoms with Gasteiger partial charge in [0.2, 0.25) is 0 Å². The Morgan fingerprint density at radius 2 is 2.35 bits per heavy atom. The second kappa shape index (κ2) is 5.26. The number of aromatic carboxylic acids is 1. The number of morpholine rings is 1. The second-order valence-corrected chi connectivity index (χ2v) is 5.50. The van der Waals surface area contributed by atoms with Crippen LogP contribution in [0, 0.1) is 0 Å². The minimum atomic E-state index is -1.09. The van der Waals surface area contributed by atoms with Gasteiger partial charge in [-0.1, -0.05) is 0 Å². The van der Waals surface area contributed by atoms with Crippen molar-refractivity contribution in [2.75, 3.05) is 30.3 Å². The highest BCUT2D eigenvalue weighted by atomic mass is 16.5. The Balaban J connectivity index is 2.30. The Kier molecular flexibility index (Phi) is 3.82. The van der Waals surface area contributed by atoms with E-state index in [-0.39, 0.29) is 24.0 Å². The summed E-state index contributed by atoms with van der Waals surface area (Å²) in [5, 5.41) is 18.4. The Labute approximate surface area is 117 Å². The molecule has 0 bridgehead atoms. The maximum absolute atomic E-state index is 11.1.